The van der Waals surface area contributed by atoms with Crippen LogP contribution in [-0.2, 0) is 11.3 Å². The molecule has 0 spiro atoms. The number of aromatic hydroxyl groups is 1. The summed E-state index contributed by atoms with van der Waals surface area (Å²) in [6, 6.07) is 15.6. The Morgan fingerprint density at radius 2 is 1.90 bits per heavy atom. The monoisotopic (exact) mass is 540 g/mol. The van der Waals surface area contributed by atoms with Gasteiger partial charge in [-0.15, -0.1) is 24.0 Å². The Kier molecular flexibility index (Phi) is 10.9. The van der Waals surface area contributed by atoms with E-state index in [1.807, 2.05) is 24.3 Å². The van der Waals surface area contributed by atoms with Crippen LogP contribution in [0.2, 0.25) is 0 Å². The van der Waals surface area contributed by atoms with Crippen molar-refractivity contribution in [3.05, 3.63) is 59.7 Å². The van der Waals surface area contributed by atoms with Gasteiger partial charge in [0.05, 0.1) is 32.9 Å². The van der Waals surface area contributed by atoms with Gasteiger partial charge in [0.2, 0.25) is 0 Å². The number of nitrogens with one attached hydrogen (secondary N) is 2. The maximum Gasteiger partial charge on any atom is 0.191 e. The third-order valence-electron chi connectivity index (χ3n) is 5.12. The second-order valence-electron chi connectivity index (χ2n) is 7.18. The molecule has 31 heavy (non-hydrogen) atoms. The topological polar surface area (TPSA) is 78.4 Å². The maximum absolute atomic E-state index is 9.66. The molecule has 1 unspecified atom stereocenters. The summed E-state index contributed by atoms with van der Waals surface area (Å²) in [6.07, 6.45) is 0. The first-order valence-electron chi connectivity index (χ1n) is 10.5. The number of guanidine groups is 1. The van der Waals surface area contributed by atoms with Gasteiger partial charge >= 0.3 is 0 Å². The van der Waals surface area contributed by atoms with E-state index in [0.29, 0.717) is 6.54 Å². The fourth-order valence-corrected chi connectivity index (χ4v) is 3.53. The Morgan fingerprint density at radius 3 is 2.55 bits per heavy atom. The molecule has 7 nitrogen and oxygen atoms in total. The zero-order valence-corrected chi connectivity index (χ0v) is 20.5. The average Bonchev–Trinajstić information content (AvgIpc) is 2.78. The first-order chi connectivity index (χ1) is 14.7. The van der Waals surface area contributed by atoms with Crippen molar-refractivity contribution in [1.29, 1.82) is 0 Å². The maximum atomic E-state index is 9.66. The lowest BCUT2D eigenvalue weighted by Gasteiger charge is -2.35. The number of ether oxygens (including phenoxy) is 2. The lowest BCUT2D eigenvalue weighted by atomic mass is 10.0. The molecule has 1 saturated heterocycles. The number of rotatable bonds is 8. The Morgan fingerprint density at radius 1 is 1.16 bits per heavy atom. The second-order valence-corrected chi connectivity index (χ2v) is 7.18. The van der Waals surface area contributed by atoms with Gasteiger partial charge in [-0.3, -0.25) is 4.90 Å². The van der Waals surface area contributed by atoms with Crippen LogP contribution in [0.4, 0.5) is 0 Å². The van der Waals surface area contributed by atoms with Gasteiger partial charge in [-0.25, -0.2) is 4.99 Å². The van der Waals surface area contributed by atoms with Crippen LogP contribution in [0.3, 0.4) is 0 Å². The highest BCUT2D eigenvalue weighted by atomic mass is 127. The van der Waals surface area contributed by atoms with Gasteiger partial charge in [0.1, 0.15) is 11.5 Å². The number of hydrogen-bond donors (Lipinski definition) is 3. The van der Waals surface area contributed by atoms with E-state index in [4.69, 9.17) is 9.47 Å². The summed E-state index contributed by atoms with van der Waals surface area (Å²) in [5.41, 5.74) is 2.20. The number of benzene rings is 2. The van der Waals surface area contributed by atoms with Gasteiger partial charge in [-0.1, -0.05) is 24.3 Å². The zero-order chi connectivity index (χ0) is 21.2. The zero-order valence-electron chi connectivity index (χ0n) is 18.2. The highest BCUT2D eigenvalue weighted by Crippen LogP contribution is 2.23. The minimum Gasteiger partial charge on any atom is -0.508 e. The Bertz CT molecular complexity index is 811. The van der Waals surface area contributed by atoms with Gasteiger partial charge < -0.3 is 25.2 Å². The largest absolute Gasteiger partial charge is 0.508 e. The van der Waals surface area contributed by atoms with Crippen LogP contribution in [0, 0.1) is 0 Å². The molecule has 0 bridgehead atoms. The van der Waals surface area contributed by atoms with Gasteiger partial charge in [-0.05, 0) is 42.3 Å². The summed E-state index contributed by atoms with van der Waals surface area (Å²) in [7, 11) is 1.68. The summed E-state index contributed by atoms with van der Waals surface area (Å²) < 4.78 is 10.9. The minimum absolute atomic E-state index is 0. The number of nitrogens with zero attached hydrogens (tertiary/aromatic N) is 2. The van der Waals surface area contributed by atoms with Crippen LogP contribution >= 0.6 is 24.0 Å². The standard InChI is InChI=1S/C23H32N4O3.HI/c1-3-24-23(25-16-18-5-4-6-20(28)15-18)26-17-22(27-11-13-30-14-12-27)19-7-9-21(29-2)10-8-19;/h4-10,15,22,28H,3,11-14,16-17H2,1-2H3,(H2,24,25,26);1H. The third kappa shape index (κ3) is 7.86. The van der Waals surface area contributed by atoms with E-state index in [2.05, 4.69) is 39.6 Å². The lowest BCUT2D eigenvalue weighted by Crippen LogP contribution is -2.46. The summed E-state index contributed by atoms with van der Waals surface area (Å²) in [4.78, 5) is 7.12. The third-order valence-corrected chi connectivity index (χ3v) is 5.12. The van der Waals surface area contributed by atoms with E-state index in [0.717, 1.165) is 56.7 Å². The average molecular weight is 540 g/mol. The molecule has 0 aliphatic carbocycles. The van der Waals surface area contributed by atoms with Crippen LogP contribution in [0.25, 0.3) is 0 Å². The smallest absolute Gasteiger partial charge is 0.191 e. The SMILES string of the molecule is CCNC(=NCc1cccc(O)c1)NCC(c1ccc(OC)cc1)N1CCOCC1.I. The second kappa shape index (κ2) is 13.4. The molecule has 2 aromatic carbocycles. The number of phenols is 1. The van der Waals surface area contributed by atoms with Gasteiger partial charge in [0, 0.05) is 26.2 Å². The fourth-order valence-electron chi connectivity index (χ4n) is 3.53. The molecule has 3 N–H and O–H groups in total. The number of morpholine rings is 1. The van der Waals surface area contributed by atoms with Crippen LogP contribution < -0.4 is 15.4 Å². The van der Waals surface area contributed by atoms with E-state index < -0.39 is 0 Å². The number of hydrogen-bond acceptors (Lipinski definition) is 5. The van der Waals surface area contributed by atoms with E-state index in [1.54, 1.807) is 19.2 Å². The molecule has 2 aromatic rings. The first-order valence-corrected chi connectivity index (χ1v) is 10.5. The summed E-state index contributed by atoms with van der Waals surface area (Å²) in [6.45, 7) is 7.33. The highest BCUT2D eigenvalue weighted by molar-refractivity contribution is 14.0. The molecular formula is C23H33IN4O3. The molecule has 8 heteroatoms. The number of aliphatic imine (C=N–C) groups is 1. The first kappa shape index (κ1) is 25.2. The quantitative estimate of drug-likeness (QED) is 0.272. The van der Waals surface area contributed by atoms with Crippen LogP contribution in [-0.4, -0.2) is 62.5 Å². The Balaban J connectivity index is 0.00000341. The van der Waals surface area contributed by atoms with Crippen molar-refractivity contribution in [3.8, 4) is 11.5 Å². The summed E-state index contributed by atoms with van der Waals surface area (Å²) >= 11 is 0. The molecule has 0 saturated carbocycles. The normalized spacial score (nSPS) is 15.6. The Labute approximate surface area is 201 Å². The van der Waals surface area contributed by atoms with Crippen molar-refractivity contribution in [1.82, 2.24) is 15.5 Å². The molecule has 1 fully saturated rings. The van der Waals surface area contributed by atoms with Crippen molar-refractivity contribution in [2.24, 2.45) is 4.99 Å². The predicted molar refractivity (Wildman–Crippen MR) is 134 cm³/mol. The fraction of sp³-hybridized carbons (Fsp3) is 0.435. The van der Waals surface area contributed by atoms with E-state index in [1.165, 1.54) is 5.56 Å². The molecule has 0 amide bonds. The van der Waals surface area contributed by atoms with Crippen molar-refractivity contribution >= 4 is 29.9 Å². The molecule has 170 valence electrons. The van der Waals surface area contributed by atoms with Crippen LogP contribution in [0.15, 0.2) is 53.5 Å². The molecule has 3 rings (SSSR count). The molecule has 1 aliphatic rings. The van der Waals surface area contributed by atoms with Crippen molar-refractivity contribution < 1.29 is 14.6 Å². The lowest BCUT2D eigenvalue weighted by molar-refractivity contribution is 0.0170. The van der Waals surface area contributed by atoms with E-state index in [9.17, 15) is 5.11 Å². The molecular weight excluding hydrogens is 507 g/mol. The summed E-state index contributed by atoms with van der Waals surface area (Å²) in [5.74, 6) is 1.87. The molecule has 1 heterocycles. The Hall–Kier alpha value is -2.04. The predicted octanol–water partition coefficient (Wildman–Crippen LogP) is 3.15. The van der Waals surface area contributed by atoms with E-state index >= 15 is 0 Å². The van der Waals surface area contributed by atoms with Crippen molar-refractivity contribution in [2.45, 2.75) is 19.5 Å². The number of phenolic OH excluding ortho intramolecular Hbond substituents is 1. The van der Waals surface area contributed by atoms with Crippen LogP contribution in [0.1, 0.15) is 24.1 Å². The van der Waals surface area contributed by atoms with E-state index in [-0.39, 0.29) is 35.8 Å². The van der Waals surface area contributed by atoms with Gasteiger partial charge in [0.25, 0.3) is 0 Å². The molecule has 0 radical (unpaired) electrons. The molecule has 0 aromatic heterocycles. The van der Waals surface area contributed by atoms with Gasteiger partial charge in [0.15, 0.2) is 5.96 Å². The number of methoxy groups -OCH3 is 1. The van der Waals surface area contributed by atoms with Crippen molar-refractivity contribution in [3.63, 3.8) is 0 Å². The highest BCUT2D eigenvalue weighted by Gasteiger charge is 2.23. The van der Waals surface area contributed by atoms with Gasteiger partial charge in [-0.2, -0.15) is 0 Å². The van der Waals surface area contributed by atoms with Crippen molar-refractivity contribution in [2.75, 3.05) is 46.5 Å². The molecule has 1 atom stereocenters. The minimum atomic E-state index is 0. The molecule has 1 aliphatic heterocycles. The summed E-state index contributed by atoms with van der Waals surface area (Å²) in [5, 5.41) is 16.5. The van der Waals surface area contributed by atoms with Crippen LogP contribution in [0.5, 0.6) is 11.5 Å². The number of halogens is 1.